The number of ether oxygens (including phenoxy) is 1. The van der Waals surface area contributed by atoms with Gasteiger partial charge < -0.3 is 15.8 Å². The fourth-order valence-electron chi connectivity index (χ4n) is 2.57. The lowest BCUT2D eigenvalue weighted by molar-refractivity contribution is -0.119. The Morgan fingerprint density at radius 3 is 2.33 bits per heavy atom. The van der Waals surface area contributed by atoms with Crippen molar-refractivity contribution >= 4 is 17.5 Å². The van der Waals surface area contributed by atoms with Crippen LogP contribution >= 0.6 is 0 Å². The standard InChI is InChI=1S/C19H18N2O3/c20-18(22)16-7-3-4-8-17(16)24-15-11-9-14(10-12-15)21-19(23)13-5-1-2-6-13/h1-4,7-13H,5-6H2,(H2,20,22)(H,21,23). The smallest absolute Gasteiger partial charge is 0.252 e. The molecule has 0 radical (unpaired) electrons. The zero-order valence-corrected chi connectivity index (χ0v) is 13.1. The molecule has 3 rings (SSSR count). The maximum Gasteiger partial charge on any atom is 0.252 e. The van der Waals surface area contributed by atoms with Crippen LogP contribution in [-0.2, 0) is 4.79 Å². The van der Waals surface area contributed by atoms with E-state index >= 15 is 0 Å². The number of rotatable bonds is 5. The third kappa shape index (κ3) is 3.63. The van der Waals surface area contributed by atoms with E-state index in [1.165, 1.54) is 0 Å². The molecule has 0 fully saturated rings. The monoisotopic (exact) mass is 322 g/mol. The number of primary amides is 1. The molecule has 2 amide bonds. The van der Waals surface area contributed by atoms with E-state index in [1.807, 2.05) is 12.2 Å². The molecule has 5 nitrogen and oxygen atoms in total. The Kier molecular flexibility index (Phi) is 4.61. The summed E-state index contributed by atoms with van der Waals surface area (Å²) >= 11 is 0. The van der Waals surface area contributed by atoms with Crippen molar-refractivity contribution in [1.29, 1.82) is 0 Å². The molecule has 0 atom stereocenters. The predicted molar refractivity (Wildman–Crippen MR) is 92.0 cm³/mol. The molecular weight excluding hydrogens is 304 g/mol. The van der Waals surface area contributed by atoms with Gasteiger partial charge in [-0.1, -0.05) is 24.3 Å². The molecule has 0 bridgehead atoms. The summed E-state index contributed by atoms with van der Waals surface area (Å²) in [5.74, 6) is 0.457. The number of nitrogens with one attached hydrogen (secondary N) is 1. The molecule has 0 unspecified atom stereocenters. The van der Waals surface area contributed by atoms with Gasteiger partial charge in [-0.25, -0.2) is 0 Å². The molecule has 0 saturated carbocycles. The Morgan fingerprint density at radius 2 is 1.67 bits per heavy atom. The highest BCUT2D eigenvalue weighted by Crippen LogP contribution is 2.26. The number of amides is 2. The maximum atomic E-state index is 12.1. The first-order chi connectivity index (χ1) is 11.6. The molecule has 1 aliphatic carbocycles. The second-order valence-corrected chi connectivity index (χ2v) is 5.62. The molecular formula is C19H18N2O3. The van der Waals surface area contributed by atoms with Gasteiger partial charge in [0.2, 0.25) is 5.91 Å². The third-order valence-corrected chi connectivity index (χ3v) is 3.88. The van der Waals surface area contributed by atoms with E-state index in [2.05, 4.69) is 5.32 Å². The van der Waals surface area contributed by atoms with Gasteiger partial charge in [0, 0.05) is 11.6 Å². The largest absolute Gasteiger partial charge is 0.457 e. The van der Waals surface area contributed by atoms with E-state index in [4.69, 9.17) is 10.5 Å². The summed E-state index contributed by atoms with van der Waals surface area (Å²) in [6.07, 6.45) is 5.63. The first-order valence-electron chi connectivity index (χ1n) is 7.76. The predicted octanol–water partition coefficient (Wildman–Crippen LogP) is 3.48. The average Bonchev–Trinajstić information content (AvgIpc) is 3.11. The molecule has 2 aromatic carbocycles. The van der Waals surface area contributed by atoms with Gasteiger partial charge in [-0.2, -0.15) is 0 Å². The number of benzene rings is 2. The van der Waals surface area contributed by atoms with Crippen LogP contribution in [0.4, 0.5) is 5.69 Å². The van der Waals surface area contributed by atoms with Crippen molar-refractivity contribution in [3.63, 3.8) is 0 Å². The van der Waals surface area contributed by atoms with E-state index in [1.54, 1.807) is 48.5 Å². The summed E-state index contributed by atoms with van der Waals surface area (Å²) in [4.78, 5) is 23.5. The first-order valence-corrected chi connectivity index (χ1v) is 7.76. The Balaban J connectivity index is 1.67. The van der Waals surface area contributed by atoms with Gasteiger partial charge in [-0.3, -0.25) is 9.59 Å². The highest BCUT2D eigenvalue weighted by atomic mass is 16.5. The number of nitrogens with two attached hydrogens (primary N) is 1. The van der Waals surface area contributed by atoms with Gasteiger partial charge in [0.25, 0.3) is 5.91 Å². The summed E-state index contributed by atoms with van der Waals surface area (Å²) in [7, 11) is 0. The number of hydrogen-bond acceptors (Lipinski definition) is 3. The van der Waals surface area contributed by atoms with Crippen molar-refractivity contribution < 1.29 is 14.3 Å². The van der Waals surface area contributed by atoms with Gasteiger partial charge in [0.05, 0.1) is 5.56 Å². The van der Waals surface area contributed by atoms with Crippen LogP contribution in [0.2, 0.25) is 0 Å². The zero-order valence-electron chi connectivity index (χ0n) is 13.1. The van der Waals surface area contributed by atoms with Crippen LogP contribution in [0, 0.1) is 5.92 Å². The van der Waals surface area contributed by atoms with Crippen molar-refractivity contribution in [3.05, 3.63) is 66.2 Å². The fourth-order valence-corrected chi connectivity index (χ4v) is 2.57. The molecule has 0 spiro atoms. The average molecular weight is 322 g/mol. The lowest BCUT2D eigenvalue weighted by atomic mass is 10.1. The van der Waals surface area contributed by atoms with Crippen molar-refractivity contribution in [2.45, 2.75) is 12.8 Å². The van der Waals surface area contributed by atoms with Crippen LogP contribution in [0.1, 0.15) is 23.2 Å². The van der Waals surface area contributed by atoms with Crippen LogP contribution in [-0.4, -0.2) is 11.8 Å². The van der Waals surface area contributed by atoms with Gasteiger partial charge in [-0.15, -0.1) is 0 Å². The Morgan fingerprint density at radius 1 is 1.00 bits per heavy atom. The van der Waals surface area contributed by atoms with Gasteiger partial charge in [0.15, 0.2) is 0 Å². The summed E-state index contributed by atoms with van der Waals surface area (Å²) in [6.45, 7) is 0. The Labute approximate surface area is 140 Å². The first kappa shape index (κ1) is 15.8. The number of carbonyl (C=O) groups excluding carboxylic acids is 2. The lowest BCUT2D eigenvalue weighted by Crippen LogP contribution is -2.20. The number of anilines is 1. The minimum absolute atomic E-state index is 0.0170. The molecule has 3 N–H and O–H groups in total. The molecule has 2 aromatic rings. The van der Waals surface area contributed by atoms with E-state index in [0.717, 1.165) is 12.8 Å². The second kappa shape index (κ2) is 7.00. The minimum atomic E-state index is -0.542. The normalized spacial score (nSPS) is 13.7. The van der Waals surface area contributed by atoms with Crippen molar-refractivity contribution in [2.24, 2.45) is 11.7 Å². The van der Waals surface area contributed by atoms with Crippen molar-refractivity contribution in [1.82, 2.24) is 0 Å². The molecule has 0 saturated heterocycles. The minimum Gasteiger partial charge on any atom is -0.457 e. The summed E-state index contributed by atoms with van der Waals surface area (Å²) in [5, 5.41) is 2.90. The van der Waals surface area contributed by atoms with Crippen LogP contribution < -0.4 is 15.8 Å². The number of carbonyl (C=O) groups is 2. The Hall–Kier alpha value is -3.08. The number of hydrogen-bond donors (Lipinski definition) is 2. The third-order valence-electron chi connectivity index (χ3n) is 3.88. The second-order valence-electron chi connectivity index (χ2n) is 5.62. The van der Waals surface area contributed by atoms with Crippen molar-refractivity contribution in [3.8, 4) is 11.5 Å². The van der Waals surface area contributed by atoms with Crippen LogP contribution in [0.5, 0.6) is 11.5 Å². The van der Waals surface area contributed by atoms with Gasteiger partial charge in [0.1, 0.15) is 11.5 Å². The Bertz CT molecular complexity index is 773. The van der Waals surface area contributed by atoms with E-state index in [9.17, 15) is 9.59 Å². The van der Waals surface area contributed by atoms with Crippen molar-refractivity contribution in [2.75, 3.05) is 5.32 Å². The summed E-state index contributed by atoms with van der Waals surface area (Å²) < 4.78 is 5.71. The zero-order chi connectivity index (χ0) is 16.9. The van der Waals surface area contributed by atoms with E-state index < -0.39 is 5.91 Å². The molecule has 24 heavy (non-hydrogen) atoms. The van der Waals surface area contributed by atoms with E-state index in [-0.39, 0.29) is 11.8 Å². The quantitative estimate of drug-likeness (QED) is 0.827. The van der Waals surface area contributed by atoms with Gasteiger partial charge in [-0.05, 0) is 49.2 Å². The number of para-hydroxylation sites is 1. The highest BCUT2D eigenvalue weighted by Gasteiger charge is 2.19. The van der Waals surface area contributed by atoms with Crippen LogP contribution in [0.15, 0.2) is 60.7 Å². The maximum absolute atomic E-state index is 12.1. The molecule has 0 aliphatic heterocycles. The molecule has 5 heteroatoms. The van der Waals surface area contributed by atoms with Crippen LogP contribution in [0.25, 0.3) is 0 Å². The van der Waals surface area contributed by atoms with Crippen LogP contribution in [0.3, 0.4) is 0 Å². The SMILES string of the molecule is NC(=O)c1ccccc1Oc1ccc(NC(=O)C2CC=CC2)cc1. The molecule has 0 aromatic heterocycles. The summed E-state index contributed by atoms with van der Waals surface area (Å²) in [6, 6.07) is 13.8. The van der Waals surface area contributed by atoms with Gasteiger partial charge >= 0.3 is 0 Å². The fraction of sp³-hybridized carbons (Fsp3) is 0.158. The summed E-state index contributed by atoms with van der Waals surface area (Å²) in [5.41, 5.74) is 6.37. The topological polar surface area (TPSA) is 81.4 Å². The molecule has 0 heterocycles. The molecule has 1 aliphatic rings. The number of allylic oxidation sites excluding steroid dienone is 2. The van der Waals surface area contributed by atoms with E-state index in [0.29, 0.717) is 22.7 Å². The lowest BCUT2D eigenvalue weighted by Gasteiger charge is -2.12. The highest BCUT2D eigenvalue weighted by molar-refractivity contribution is 5.95. The molecule has 122 valence electrons.